The first-order valence-electron chi connectivity index (χ1n) is 8.28. The Balaban J connectivity index is 2.55. The van der Waals surface area contributed by atoms with Crippen LogP contribution in [0.15, 0.2) is 29.3 Å². The number of carbonyl (C=O) groups is 1. The predicted octanol–water partition coefficient (Wildman–Crippen LogP) is 2.52. The second-order valence-corrected chi connectivity index (χ2v) is 6.24. The minimum atomic E-state index is -0.263. The van der Waals surface area contributed by atoms with Gasteiger partial charge in [0, 0.05) is 39.4 Å². The topological polar surface area (TPSA) is 74.8 Å². The molecule has 3 N–H and O–H groups in total. The second kappa shape index (κ2) is 9.93. The average Bonchev–Trinajstić information content (AvgIpc) is 2.55. The molecule has 0 atom stereocenters. The Morgan fingerprint density at radius 1 is 1.29 bits per heavy atom. The quantitative estimate of drug-likeness (QED) is 0.504. The number of amides is 1. The molecule has 0 heterocycles. The standard InChI is InChI=1S/C18H30N4O2/c1-6-8-16(23)22-15-10-7-9-14(11-15)12-20-17(19-4)21-13-18(2,3)24-5/h7,9-11H,6,8,12-13H2,1-5H3,(H,22,23)(H2,19,20,21). The summed E-state index contributed by atoms with van der Waals surface area (Å²) in [7, 11) is 3.42. The molecule has 1 aromatic carbocycles. The monoisotopic (exact) mass is 334 g/mol. The van der Waals surface area contributed by atoms with E-state index in [1.165, 1.54) is 0 Å². The van der Waals surface area contributed by atoms with Crippen molar-refractivity contribution < 1.29 is 9.53 Å². The molecule has 1 rings (SSSR count). The van der Waals surface area contributed by atoms with Gasteiger partial charge in [0.2, 0.25) is 5.91 Å². The molecule has 6 heteroatoms. The highest BCUT2D eigenvalue weighted by Gasteiger charge is 2.16. The fourth-order valence-corrected chi connectivity index (χ4v) is 1.98. The van der Waals surface area contributed by atoms with E-state index in [0.717, 1.165) is 17.7 Å². The van der Waals surface area contributed by atoms with Crippen LogP contribution in [0.2, 0.25) is 0 Å². The third-order valence-corrected chi connectivity index (χ3v) is 3.61. The number of carbonyl (C=O) groups excluding carboxylic acids is 1. The number of anilines is 1. The van der Waals surface area contributed by atoms with E-state index in [9.17, 15) is 4.79 Å². The fourth-order valence-electron chi connectivity index (χ4n) is 1.98. The van der Waals surface area contributed by atoms with E-state index in [1.54, 1.807) is 14.2 Å². The van der Waals surface area contributed by atoms with Gasteiger partial charge in [-0.2, -0.15) is 0 Å². The zero-order valence-electron chi connectivity index (χ0n) is 15.4. The maximum atomic E-state index is 11.7. The van der Waals surface area contributed by atoms with Crippen molar-refractivity contribution in [2.45, 2.75) is 45.8 Å². The van der Waals surface area contributed by atoms with Crippen molar-refractivity contribution in [2.75, 3.05) is 26.0 Å². The van der Waals surface area contributed by atoms with Crippen molar-refractivity contribution >= 4 is 17.6 Å². The van der Waals surface area contributed by atoms with Crippen LogP contribution in [0.4, 0.5) is 5.69 Å². The summed E-state index contributed by atoms with van der Waals surface area (Å²) in [5.74, 6) is 0.752. The number of ether oxygens (including phenoxy) is 1. The van der Waals surface area contributed by atoms with Gasteiger partial charge in [-0.05, 0) is 38.0 Å². The number of rotatable bonds is 8. The van der Waals surface area contributed by atoms with Gasteiger partial charge in [0.1, 0.15) is 0 Å². The molecule has 0 aliphatic carbocycles. The van der Waals surface area contributed by atoms with Crippen LogP contribution in [0.5, 0.6) is 0 Å². The normalized spacial score (nSPS) is 12.0. The summed E-state index contributed by atoms with van der Waals surface area (Å²) in [5.41, 5.74) is 1.62. The van der Waals surface area contributed by atoms with Gasteiger partial charge in [0.05, 0.1) is 5.60 Å². The molecule has 0 saturated carbocycles. The lowest BCUT2D eigenvalue weighted by Gasteiger charge is -2.24. The van der Waals surface area contributed by atoms with Crippen LogP contribution in [-0.4, -0.2) is 38.2 Å². The fraction of sp³-hybridized carbons (Fsp3) is 0.556. The van der Waals surface area contributed by atoms with Crippen LogP contribution in [0.1, 0.15) is 39.2 Å². The molecule has 0 aromatic heterocycles. The molecule has 0 fully saturated rings. The molecular formula is C18H30N4O2. The van der Waals surface area contributed by atoms with Gasteiger partial charge in [-0.25, -0.2) is 0 Å². The summed E-state index contributed by atoms with van der Waals surface area (Å²) < 4.78 is 5.38. The SMILES string of the molecule is CCCC(=O)Nc1cccc(CNC(=NC)NCC(C)(C)OC)c1. The first kappa shape index (κ1) is 20.0. The van der Waals surface area contributed by atoms with Gasteiger partial charge in [-0.15, -0.1) is 0 Å². The lowest BCUT2D eigenvalue weighted by Crippen LogP contribution is -2.45. The lowest BCUT2D eigenvalue weighted by molar-refractivity contribution is -0.116. The van der Waals surface area contributed by atoms with Gasteiger partial charge < -0.3 is 20.7 Å². The van der Waals surface area contributed by atoms with E-state index in [0.29, 0.717) is 25.5 Å². The van der Waals surface area contributed by atoms with Crippen molar-refractivity contribution in [2.24, 2.45) is 4.99 Å². The summed E-state index contributed by atoms with van der Waals surface area (Å²) >= 11 is 0. The number of nitrogens with zero attached hydrogens (tertiary/aromatic N) is 1. The predicted molar refractivity (Wildman–Crippen MR) is 99.3 cm³/mol. The molecule has 0 radical (unpaired) electrons. The van der Waals surface area contributed by atoms with E-state index in [2.05, 4.69) is 20.9 Å². The Kier molecular flexibility index (Phi) is 8.26. The highest BCUT2D eigenvalue weighted by Crippen LogP contribution is 2.11. The maximum absolute atomic E-state index is 11.7. The zero-order chi connectivity index (χ0) is 18.0. The van der Waals surface area contributed by atoms with Gasteiger partial charge >= 0.3 is 0 Å². The van der Waals surface area contributed by atoms with Crippen LogP contribution < -0.4 is 16.0 Å². The first-order valence-corrected chi connectivity index (χ1v) is 8.28. The van der Waals surface area contributed by atoms with E-state index in [-0.39, 0.29) is 11.5 Å². The van der Waals surface area contributed by atoms with Crippen molar-refractivity contribution in [3.63, 3.8) is 0 Å². The molecule has 1 amide bonds. The molecule has 24 heavy (non-hydrogen) atoms. The van der Waals surface area contributed by atoms with Crippen LogP contribution in [0.25, 0.3) is 0 Å². The Labute approximate surface area is 145 Å². The molecule has 0 bridgehead atoms. The third kappa shape index (κ3) is 7.46. The van der Waals surface area contributed by atoms with Crippen LogP contribution in [0, 0.1) is 0 Å². The largest absolute Gasteiger partial charge is 0.377 e. The van der Waals surface area contributed by atoms with E-state index >= 15 is 0 Å². The highest BCUT2D eigenvalue weighted by molar-refractivity contribution is 5.90. The van der Waals surface area contributed by atoms with Gasteiger partial charge in [0.15, 0.2) is 5.96 Å². The zero-order valence-corrected chi connectivity index (χ0v) is 15.4. The second-order valence-electron chi connectivity index (χ2n) is 6.24. The molecule has 0 saturated heterocycles. The van der Waals surface area contributed by atoms with E-state index < -0.39 is 0 Å². The maximum Gasteiger partial charge on any atom is 0.224 e. The summed E-state index contributed by atoms with van der Waals surface area (Å²) in [6, 6.07) is 7.80. The van der Waals surface area contributed by atoms with Crippen molar-refractivity contribution in [3.05, 3.63) is 29.8 Å². The molecular weight excluding hydrogens is 304 g/mol. The number of nitrogens with one attached hydrogen (secondary N) is 3. The average molecular weight is 334 g/mol. The molecule has 134 valence electrons. The number of hydrogen-bond donors (Lipinski definition) is 3. The van der Waals surface area contributed by atoms with Crippen LogP contribution in [-0.2, 0) is 16.1 Å². The van der Waals surface area contributed by atoms with E-state index in [4.69, 9.17) is 4.74 Å². The smallest absolute Gasteiger partial charge is 0.224 e. The molecule has 1 aromatic rings. The molecule has 0 unspecified atom stereocenters. The summed E-state index contributed by atoms with van der Waals surface area (Å²) in [4.78, 5) is 15.9. The molecule has 0 aliphatic rings. The van der Waals surface area contributed by atoms with Gasteiger partial charge in [0.25, 0.3) is 0 Å². The van der Waals surface area contributed by atoms with Crippen molar-refractivity contribution in [3.8, 4) is 0 Å². The number of benzene rings is 1. The van der Waals surface area contributed by atoms with Crippen LogP contribution >= 0.6 is 0 Å². The Bertz CT molecular complexity index is 556. The van der Waals surface area contributed by atoms with Gasteiger partial charge in [-0.3, -0.25) is 9.79 Å². The summed E-state index contributed by atoms with van der Waals surface area (Å²) in [5, 5.41) is 9.41. The highest BCUT2D eigenvalue weighted by atomic mass is 16.5. The number of methoxy groups -OCH3 is 1. The van der Waals surface area contributed by atoms with Gasteiger partial charge in [-0.1, -0.05) is 19.1 Å². The third-order valence-electron chi connectivity index (χ3n) is 3.61. The number of guanidine groups is 1. The Morgan fingerprint density at radius 2 is 2.04 bits per heavy atom. The number of hydrogen-bond acceptors (Lipinski definition) is 3. The summed E-state index contributed by atoms with van der Waals surface area (Å²) in [6.45, 7) is 7.27. The molecule has 0 spiro atoms. The van der Waals surface area contributed by atoms with Crippen LogP contribution in [0.3, 0.4) is 0 Å². The molecule has 0 aliphatic heterocycles. The number of aliphatic imine (C=N–C) groups is 1. The Morgan fingerprint density at radius 3 is 2.67 bits per heavy atom. The minimum absolute atomic E-state index is 0.0434. The Hall–Kier alpha value is -2.08. The van der Waals surface area contributed by atoms with Crippen molar-refractivity contribution in [1.29, 1.82) is 0 Å². The summed E-state index contributed by atoms with van der Waals surface area (Å²) in [6.07, 6.45) is 1.38. The minimum Gasteiger partial charge on any atom is -0.377 e. The van der Waals surface area contributed by atoms with Crippen molar-refractivity contribution in [1.82, 2.24) is 10.6 Å². The van der Waals surface area contributed by atoms with E-state index in [1.807, 2.05) is 45.0 Å². The lowest BCUT2D eigenvalue weighted by atomic mass is 10.1. The molecule has 6 nitrogen and oxygen atoms in total. The first-order chi connectivity index (χ1) is 11.4.